The van der Waals surface area contributed by atoms with Crippen molar-refractivity contribution in [1.82, 2.24) is 24.9 Å². The summed E-state index contributed by atoms with van der Waals surface area (Å²) in [6, 6.07) is 6.71. The third-order valence-corrected chi connectivity index (χ3v) is 7.56. The molecule has 0 aliphatic carbocycles. The topological polar surface area (TPSA) is 110 Å². The molecule has 1 aliphatic rings. The molecule has 10 nitrogen and oxygen atoms in total. The maximum absolute atomic E-state index is 13.5. The van der Waals surface area contributed by atoms with E-state index in [4.69, 9.17) is 15.2 Å². The number of hydrogen-bond acceptors (Lipinski definition) is 9. The molecule has 0 spiro atoms. The molecule has 1 fully saturated rings. The van der Waals surface area contributed by atoms with E-state index in [1.54, 1.807) is 24.3 Å². The molecule has 3 aromatic rings. The van der Waals surface area contributed by atoms with Gasteiger partial charge in [0.15, 0.2) is 0 Å². The lowest BCUT2D eigenvalue weighted by molar-refractivity contribution is -0.143. The Morgan fingerprint density at radius 1 is 0.939 bits per heavy atom. The second kappa shape index (κ2) is 18.5. The van der Waals surface area contributed by atoms with Crippen molar-refractivity contribution >= 4 is 39.8 Å². The van der Waals surface area contributed by atoms with Crippen LogP contribution in [0.3, 0.4) is 0 Å². The minimum Gasteiger partial charge on any atom is -0.379 e. The predicted octanol–water partition coefficient (Wildman–Crippen LogP) is 5.42. The van der Waals surface area contributed by atoms with Gasteiger partial charge in [-0.05, 0) is 81.4 Å². The fourth-order valence-corrected chi connectivity index (χ4v) is 5.05. The van der Waals surface area contributed by atoms with Crippen LogP contribution in [0.2, 0.25) is 0 Å². The molecule has 1 aliphatic heterocycles. The monoisotopic (exact) mass is 717 g/mol. The van der Waals surface area contributed by atoms with Gasteiger partial charge < -0.3 is 30.3 Å². The number of nitrogens with one attached hydrogen (secondary N) is 1. The van der Waals surface area contributed by atoms with E-state index in [-0.39, 0.29) is 23.4 Å². The minimum atomic E-state index is -4.97. The van der Waals surface area contributed by atoms with Crippen LogP contribution in [0.5, 0.6) is 0 Å². The highest BCUT2D eigenvalue weighted by Crippen LogP contribution is 2.37. The number of aromatic nitrogens is 2. The molecular weight excluding hydrogens is 676 g/mol. The number of alkyl halides is 6. The van der Waals surface area contributed by atoms with Crippen molar-refractivity contribution in [3.8, 4) is 0 Å². The lowest BCUT2D eigenvalue weighted by Gasteiger charge is -2.16. The van der Waals surface area contributed by atoms with Crippen LogP contribution in [0.4, 0.5) is 31.1 Å². The summed E-state index contributed by atoms with van der Waals surface area (Å²) in [4.78, 5) is 21.1. The van der Waals surface area contributed by atoms with E-state index >= 15 is 0 Å². The molecule has 1 amide bonds. The Morgan fingerprint density at radius 2 is 1.61 bits per heavy atom. The lowest BCUT2D eigenvalue weighted by Crippen LogP contribution is -2.21. The van der Waals surface area contributed by atoms with Crippen LogP contribution in [-0.4, -0.2) is 111 Å². The van der Waals surface area contributed by atoms with Crippen molar-refractivity contribution in [2.24, 2.45) is 10.7 Å². The Bertz CT molecular complexity index is 1590. The molecule has 1 aromatic heterocycles. The Hall–Kier alpha value is -3.48. The number of ether oxygens (including phenoxy) is 2. The van der Waals surface area contributed by atoms with Crippen molar-refractivity contribution in [3.63, 3.8) is 0 Å². The van der Waals surface area contributed by atoms with Crippen molar-refractivity contribution in [3.05, 3.63) is 69.8 Å². The van der Waals surface area contributed by atoms with Crippen LogP contribution in [0.1, 0.15) is 22.3 Å². The van der Waals surface area contributed by atoms with E-state index in [1.807, 2.05) is 33.1 Å². The maximum Gasteiger partial charge on any atom is 0.416 e. The van der Waals surface area contributed by atoms with Gasteiger partial charge in [-0.1, -0.05) is 12.1 Å². The Morgan fingerprint density at radius 3 is 2.22 bits per heavy atom. The summed E-state index contributed by atoms with van der Waals surface area (Å²) in [5.74, 6) is 0.420. The van der Waals surface area contributed by atoms with Gasteiger partial charge in [-0.3, -0.25) is 14.5 Å². The lowest BCUT2D eigenvalue weighted by atomic mass is 10.0. The van der Waals surface area contributed by atoms with E-state index in [0.29, 0.717) is 66.2 Å². The number of nitrogens with two attached hydrogens (primary N) is 1. The number of thioether (sulfide) groups is 1. The minimum absolute atomic E-state index is 0.118. The summed E-state index contributed by atoms with van der Waals surface area (Å²) in [7, 11) is 7.92. The summed E-state index contributed by atoms with van der Waals surface area (Å²) < 4.78 is 91.5. The van der Waals surface area contributed by atoms with E-state index in [2.05, 4.69) is 20.3 Å². The zero-order valence-electron chi connectivity index (χ0n) is 27.7. The first-order valence-corrected chi connectivity index (χ1v) is 16.0. The molecule has 0 radical (unpaired) electrons. The standard InChI is InChI=1S/C26H25F6N5O2S.C6H16N2O/c1-36(2)8-10-39-9-7-33-23-22(40-24(38)34-23)12-16-3-6-21-18(11-16)15-37(35-21)14-17-4-5-19(25(27,28)29)13-20(17)26(30,31)32;1-8(2)4-6-9-5-3-7/h3-6,11-13,15H,7-10,14H2,1-2H3,(H,33,34,38);3-7H2,1-2H3/b22-12-;. The molecule has 17 heteroatoms. The average Bonchev–Trinajstić information content (AvgIpc) is 3.57. The number of nitrogens with zero attached hydrogens (tertiary/aromatic N) is 5. The molecule has 0 bridgehead atoms. The molecular formula is C32H41F6N7O3S. The first-order chi connectivity index (χ1) is 23.1. The molecule has 2 aromatic carbocycles. The Balaban J connectivity index is 0.000000635. The SMILES string of the molecule is CN(C)CCOCCN.CN(C)CCOCCN=C1NC(=O)S/C1=C\c1ccc2nn(Cc3ccc(C(F)(F)F)cc3C(F)(F)F)cc2c1. The molecule has 0 saturated carbocycles. The van der Waals surface area contributed by atoms with Crippen molar-refractivity contribution in [2.75, 3.05) is 80.8 Å². The number of carbonyl (C=O) groups is 1. The third kappa shape index (κ3) is 13.4. The van der Waals surface area contributed by atoms with Crippen molar-refractivity contribution in [2.45, 2.75) is 18.9 Å². The number of amides is 1. The Labute approximate surface area is 285 Å². The van der Waals surface area contributed by atoms with Crippen LogP contribution in [-0.2, 0) is 28.4 Å². The van der Waals surface area contributed by atoms with E-state index in [1.165, 1.54) is 10.9 Å². The summed E-state index contributed by atoms with van der Waals surface area (Å²) in [5, 5.41) is 7.30. The van der Waals surface area contributed by atoms with Crippen molar-refractivity contribution < 1.29 is 40.6 Å². The first-order valence-electron chi connectivity index (χ1n) is 15.2. The molecule has 0 unspecified atom stereocenters. The number of carbonyl (C=O) groups excluding carboxylic acids is 1. The number of amidine groups is 1. The number of fused-ring (bicyclic) bond motifs is 1. The predicted molar refractivity (Wildman–Crippen MR) is 179 cm³/mol. The zero-order chi connectivity index (χ0) is 36.2. The van der Waals surface area contributed by atoms with Crippen LogP contribution in [0.25, 0.3) is 17.0 Å². The maximum atomic E-state index is 13.5. The fourth-order valence-electron chi connectivity index (χ4n) is 4.30. The van der Waals surface area contributed by atoms with Gasteiger partial charge >= 0.3 is 12.4 Å². The van der Waals surface area contributed by atoms with Crippen LogP contribution in [0, 0.1) is 0 Å². The van der Waals surface area contributed by atoms with Crippen molar-refractivity contribution in [1.29, 1.82) is 0 Å². The van der Waals surface area contributed by atoms with Gasteiger partial charge in [-0.15, -0.1) is 0 Å². The fraction of sp³-hybridized carbons (Fsp3) is 0.469. The highest BCUT2D eigenvalue weighted by Gasteiger charge is 2.38. The largest absolute Gasteiger partial charge is 0.416 e. The van der Waals surface area contributed by atoms with E-state index in [9.17, 15) is 31.1 Å². The number of hydrogen-bond donors (Lipinski definition) is 2. The molecule has 4 rings (SSSR count). The number of benzene rings is 2. The quantitative estimate of drug-likeness (QED) is 0.168. The van der Waals surface area contributed by atoms with Gasteiger partial charge in [0.25, 0.3) is 5.24 Å². The summed E-state index contributed by atoms with van der Waals surface area (Å²) in [6.07, 6.45) is -6.60. The summed E-state index contributed by atoms with van der Waals surface area (Å²) >= 11 is 0.985. The van der Waals surface area contributed by atoms with Gasteiger partial charge in [0.1, 0.15) is 5.84 Å². The zero-order valence-corrected chi connectivity index (χ0v) is 28.5. The molecule has 1 saturated heterocycles. The average molecular weight is 718 g/mol. The second-order valence-electron chi connectivity index (χ2n) is 11.4. The number of aliphatic imine (C=N–C) groups is 1. The van der Waals surface area contributed by atoms with E-state index < -0.39 is 23.5 Å². The number of likely N-dealkylation sites (N-methyl/N-ethyl adjacent to an activating group) is 2. The molecule has 3 N–H and O–H groups in total. The highest BCUT2D eigenvalue weighted by atomic mass is 32.2. The first kappa shape index (κ1) is 40.0. The van der Waals surface area contributed by atoms with Gasteiger partial charge in [0, 0.05) is 31.2 Å². The number of halogens is 6. The molecule has 2 heterocycles. The van der Waals surface area contributed by atoms with Crippen LogP contribution in [0.15, 0.2) is 52.5 Å². The molecule has 270 valence electrons. The third-order valence-electron chi connectivity index (χ3n) is 6.74. The highest BCUT2D eigenvalue weighted by molar-refractivity contribution is 8.18. The summed E-state index contributed by atoms with van der Waals surface area (Å²) in [5.41, 5.74) is 3.32. The van der Waals surface area contributed by atoms with Gasteiger partial charge in [-0.2, -0.15) is 31.4 Å². The number of rotatable bonds is 14. The second-order valence-corrected chi connectivity index (χ2v) is 12.4. The Kier molecular flexibility index (Phi) is 15.1. The normalized spacial score (nSPS) is 15.5. The molecule has 49 heavy (non-hydrogen) atoms. The van der Waals surface area contributed by atoms with Crippen LogP contribution >= 0.6 is 11.8 Å². The molecule has 0 atom stereocenters. The smallest absolute Gasteiger partial charge is 0.379 e. The van der Waals surface area contributed by atoms with E-state index in [0.717, 1.165) is 37.5 Å². The van der Waals surface area contributed by atoms with Gasteiger partial charge in [0.2, 0.25) is 0 Å². The summed E-state index contributed by atoms with van der Waals surface area (Å²) in [6.45, 7) is 4.76. The van der Waals surface area contributed by atoms with Gasteiger partial charge in [0.05, 0.1) is 61.1 Å². The van der Waals surface area contributed by atoms with Gasteiger partial charge in [-0.25, -0.2) is 0 Å². The van der Waals surface area contributed by atoms with Crippen LogP contribution < -0.4 is 11.1 Å².